The van der Waals surface area contributed by atoms with Gasteiger partial charge in [0.05, 0.1) is 17.6 Å². The minimum atomic E-state index is -4.45. The highest BCUT2D eigenvalue weighted by Crippen LogP contribution is 2.26. The number of carbonyl (C=O) groups excluding carboxylic acids is 1. The van der Waals surface area contributed by atoms with Crippen molar-refractivity contribution in [2.24, 2.45) is 5.92 Å². The Kier molecular flexibility index (Phi) is 7.04. The summed E-state index contributed by atoms with van der Waals surface area (Å²) < 4.78 is 66.6. The van der Waals surface area contributed by atoms with E-state index in [4.69, 9.17) is 0 Å². The minimum absolute atomic E-state index is 0.0170. The van der Waals surface area contributed by atoms with Gasteiger partial charge in [-0.05, 0) is 38.7 Å². The number of sulfonamides is 1. The smallest absolute Gasteiger partial charge is 0.422 e. The second-order valence-electron chi connectivity index (χ2n) is 6.35. The molecule has 11 heteroatoms. The third-order valence-corrected chi connectivity index (χ3v) is 5.66. The van der Waals surface area contributed by atoms with Crippen LogP contribution in [-0.4, -0.2) is 43.9 Å². The van der Waals surface area contributed by atoms with Crippen LogP contribution in [0.4, 0.5) is 18.9 Å². The molecule has 0 atom stereocenters. The topological polar surface area (TPSA) is 97.4 Å². The second kappa shape index (κ2) is 8.87. The largest absolute Gasteiger partial charge is 0.468 e. The van der Waals surface area contributed by atoms with Crippen LogP contribution in [0.2, 0.25) is 0 Å². The second-order valence-corrected chi connectivity index (χ2v) is 8.39. The third kappa shape index (κ3) is 7.33. The Balaban J connectivity index is 1.80. The lowest BCUT2D eigenvalue weighted by Gasteiger charge is -2.28. The van der Waals surface area contributed by atoms with E-state index in [1.165, 1.54) is 18.3 Å². The third-order valence-electron chi connectivity index (χ3n) is 4.21. The normalized spacial score (nSPS) is 20.9. The molecule has 1 aromatic rings. The van der Waals surface area contributed by atoms with E-state index in [9.17, 15) is 26.4 Å². The zero-order valence-electron chi connectivity index (χ0n) is 14.8. The maximum Gasteiger partial charge on any atom is 0.422 e. The maximum absolute atomic E-state index is 12.3. The lowest BCUT2D eigenvalue weighted by molar-refractivity contribution is -0.154. The first-order valence-corrected chi connectivity index (χ1v) is 10.2. The van der Waals surface area contributed by atoms with Crippen LogP contribution in [0.1, 0.15) is 32.6 Å². The number of carbonyl (C=O) groups is 1. The molecule has 1 heterocycles. The number of alkyl halides is 3. The number of hydrogen-bond donors (Lipinski definition) is 2. The summed E-state index contributed by atoms with van der Waals surface area (Å²) in [4.78, 5) is 16.0. The van der Waals surface area contributed by atoms with E-state index < -0.39 is 22.8 Å². The number of anilines is 1. The van der Waals surface area contributed by atoms with Gasteiger partial charge in [-0.2, -0.15) is 13.2 Å². The lowest BCUT2D eigenvalue weighted by Crippen LogP contribution is -2.40. The highest BCUT2D eigenvalue weighted by molar-refractivity contribution is 7.89. The van der Waals surface area contributed by atoms with Gasteiger partial charge in [-0.3, -0.25) is 4.79 Å². The van der Waals surface area contributed by atoms with Crippen molar-refractivity contribution in [2.75, 3.05) is 17.7 Å². The number of rotatable bonds is 7. The molecule has 0 spiro atoms. The fourth-order valence-corrected chi connectivity index (χ4v) is 3.66. The SMILES string of the molecule is CCS(=O)(=O)N[C@H]1CC[C@H](C(=O)Nc2ccc(OCC(F)(F)F)nc2)CC1. The Hall–Kier alpha value is -1.88. The Morgan fingerprint density at radius 1 is 1.26 bits per heavy atom. The number of amides is 1. The molecule has 1 amide bonds. The van der Waals surface area contributed by atoms with Crippen LogP contribution >= 0.6 is 0 Å². The van der Waals surface area contributed by atoms with Gasteiger partial charge in [0.2, 0.25) is 21.8 Å². The van der Waals surface area contributed by atoms with Crippen molar-refractivity contribution in [1.82, 2.24) is 9.71 Å². The van der Waals surface area contributed by atoms with Gasteiger partial charge in [-0.1, -0.05) is 0 Å². The number of nitrogens with one attached hydrogen (secondary N) is 2. The Labute approximate surface area is 155 Å². The first-order valence-electron chi connectivity index (χ1n) is 8.54. The van der Waals surface area contributed by atoms with Crippen molar-refractivity contribution >= 4 is 21.6 Å². The van der Waals surface area contributed by atoms with Gasteiger partial charge in [0.15, 0.2) is 6.61 Å². The molecule has 0 aromatic carbocycles. The van der Waals surface area contributed by atoms with Gasteiger partial charge in [-0.15, -0.1) is 0 Å². The minimum Gasteiger partial charge on any atom is -0.468 e. The van der Waals surface area contributed by atoms with Crippen molar-refractivity contribution in [3.8, 4) is 5.88 Å². The molecule has 1 aliphatic carbocycles. The number of hydrogen-bond acceptors (Lipinski definition) is 5. The van der Waals surface area contributed by atoms with Crippen LogP contribution in [-0.2, 0) is 14.8 Å². The molecule has 0 saturated heterocycles. The molecule has 0 aliphatic heterocycles. The molecule has 1 fully saturated rings. The number of nitrogens with zero attached hydrogens (tertiary/aromatic N) is 1. The molecule has 2 rings (SSSR count). The van der Waals surface area contributed by atoms with Gasteiger partial charge in [-0.25, -0.2) is 18.1 Å². The quantitative estimate of drug-likeness (QED) is 0.721. The molecule has 0 bridgehead atoms. The van der Waals surface area contributed by atoms with Crippen LogP contribution < -0.4 is 14.8 Å². The zero-order chi connectivity index (χ0) is 20.1. The summed E-state index contributed by atoms with van der Waals surface area (Å²) in [5.41, 5.74) is 0.355. The predicted molar refractivity (Wildman–Crippen MR) is 92.8 cm³/mol. The Morgan fingerprint density at radius 2 is 1.93 bits per heavy atom. The van der Waals surface area contributed by atoms with Gasteiger partial charge in [0, 0.05) is 18.0 Å². The first kappa shape index (κ1) is 21.4. The van der Waals surface area contributed by atoms with Crippen LogP contribution in [0.25, 0.3) is 0 Å². The Bertz CT molecular complexity index is 730. The number of halogens is 3. The van der Waals surface area contributed by atoms with E-state index >= 15 is 0 Å². The van der Waals surface area contributed by atoms with Gasteiger partial charge < -0.3 is 10.1 Å². The van der Waals surface area contributed by atoms with Crippen LogP contribution in [0, 0.1) is 5.92 Å². The van der Waals surface area contributed by atoms with Crippen LogP contribution in [0.15, 0.2) is 18.3 Å². The molecular formula is C16H22F3N3O4S. The zero-order valence-corrected chi connectivity index (χ0v) is 15.6. The summed E-state index contributed by atoms with van der Waals surface area (Å²) >= 11 is 0. The predicted octanol–water partition coefficient (Wildman–Crippen LogP) is 2.46. The van der Waals surface area contributed by atoms with E-state index in [1.54, 1.807) is 6.92 Å². The molecule has 1 saturated carbocycles. The maximum atomic E-state index is 12.3. The van der Waals surface area contributed by atoms with Crippen LogP contribution in [0.3, 0.4) is 0 Å². The monoisotopic (exact) mass is 409 g/mol. The fourth-order valence-electron chi connectivity index (χ4n) is 2.75. The molecule has 152 valence electrons. The van der Waals surface area contributed by atoms with Crippen LogP contribution in [0.5, 0.6) is 5.88 Å². The van der Waals surface area contributed by atoms with Gasteiger partial charge >= 0.3 is 6.18 Å². The molecule has 1 aliphatic rings. The van der Waals surface area contributed by atoms with Crippen molar-refractivity contribution in [2.45, 2.75) is 44.8 Å². The highest BCUT2D eigenvalue weighted by Gasteiger charge is 2.29. The highest BCUT2D eigenvalue weighted by atomic mass is 32.2. The molecule has 7 nitrogen and oxygen atoms in total. The summed E-state index contributed by atoms with van der Waals surface area (Å²) in [5.74, 6) is -0.650. The Morgan fingerprint density at radius 3 is 2.44 bits per heavy atom. The summed E-state index contributed by atoms with van der Waals surface area (Å²) in [6.45, 7) is 0.131. The lowest BCUT2D eigenvalue weighted by atomic mass is 9.86. The summed E-state index contributed by atoms with van der Waals surface area (Å²) in [5, 5.41) is 2.67. The molecule has 27 heavy (non-hydrogen) atoms. The number of pyridine rings is 1. The molecular weight excluding hydrogens is 387 g/mol. The van der Waals surface area contributed by atoms with E-state index in [1.807, 2.05) is 0 Å². The average molecular weight is 409 g/mol. The van der Waals surface area contributed by atoms with Gasteiger partial charge in [0.25, 0.3) is 0 Å². The molecule has 0 radical (unpaired) electrons. The first-order chi connectivity index (χ1) is 12.6. The van der Waals surface area contributed by atoms with E-state index in [-0.39, 0.29) is 29.5 Å². The molecule has 0 unspecified atom stereocenters. The van der Waals surface area contributed by atoms with Crippen molar-refractivity contribution in [1.29, 1.82) is 0 Å². The summed E-state index contributed by atoms with van der Waals surface area (Å²) in [6, 6.07) is 2.50. The standard InChI is InChI=1S/C16H22F3N3O4S/c1-2-27(24,25)22-12-5-3-11(4-6-12)15(23)21-13-7-8-14(20-9-13)26-10-16(17,18)19/h7-9,11-12,22H,2-6,10H2,1H3,(H,21,23)/t11-,12-. The number of ether oxygens (including phenoxy) is 1. The molecule has 2 N–H and O–H groups in total. The van der Waals surface area contributed by atoms with Gasteiger partial charge in [0.1, 0.15) is 0 Å². The average Bonchev–Trinajstić information content (AvgIpc) is 2.61. The van der Waals surface area contributed by atoms with E-state index in [2.05, 4.69) is 19.8 Å². The van der Waals surface area contributed by atoms with Crippen molar-refractivity contribution < 1.29 is 31.1 Å². The van der Waals surface area contributed by atoms with Crippen molar-refractivity contribution in [3.63, 3.8) is 0 Å². The number of aromatic nitrogens is 1. The molecule has 1 aromatic heterocycles. The fraction of sp³-hybridized carbons (Fsp3) is 0.625. The summed E-state index contributed by atoms with van der Waals surface area (Å²) in [6.07, 6.45) is -0.991. The van der Waals surface area contributed by atoms with Crippen molar-refractivity contribution in [3.05, 3.63) is 18.3 Å². The van der Waals surface area contributed by atoms with E-state index in [0.717, 1.165) is 0 Å². The summed E-state index contributed by atoms with van der Waals surface area (Å²) in [7, 11) is -3.26. The van der Waals surface area contributed by atoms with E-state index in [0.29, 0.717) is 31.4 Å².